The summed E-state index contributed by atoms with van der Waals surface area (Å²) in [4.78, 5) is 23.9. The van der Waals surface area contributed by atoms with Crippen LogP contribution in [0.4, 0.5) is 5.69 Å². The van der Waals surface area contributed by atoms with Gasteiger partial charge >= 0.3 is 5.97 Å². The number of nitro groups is 1. The van der Waals surface area contributed by atoms with E-state index in [0.29, 0.717) is 13.1 Å². The molecular weight excluding hydrogens is 260 g/mol. The van der Waals surface area contributed by atoms with Gasteiger partial charge in [0.2, 0.25) is 0 Å². The first-order chi connectivity index (χ1) is 9.52. The van der Waals surface area contributed by atoms with Crippen LogP contribution in [0.2, 0.25) is 0 Å². The molecule has 6 nitrogen and oxygen atoms in total. The molecule has 0 aliphatic rings. The smallest absolute Gasteiger partial charge is 0.325 e. The van der Waals surface area contributed by atoms with E-state index in [4.69, 9.17) is 0 Å². The number of likely N-dealkylation sites (N-methyl/N-ethyl adjacent to an activating group) is 1. The van der Waals surface area contributed by atoms with Crippen LogP contribution in [0, 0.1) is 10.1 Å². The molecule has 0 saturated carbocycles. The highest BCUT2D eigenvalue weighted by Gasteiger charge is 2.31. The van der Waals surface area contributed by atoms with E-state index in [1.807, 2.05) is 13.8 Å². The zero-order chi connectivity index (χ0) is 15.1. The molecule has 0 aromatic heterocycles. The van der Waals surface area contributed by atoms with Gasteiger partial charge in [-0.25, -0.2) is 0 Å². The molecule has 1 rings (SSSR count). The average molecular weight is 280 g/mol. The first-order valence-corrected chi connectivity index (χ1v) is 6.73. The number of rotatable bonds is 8. The van der Waals surface area contributed by atoms with Gasteiger partial charge in [-0.1, -0.05) is 32.4 Å². The summed E-state index contributed by atoms with van der Waals surface area (Å²) in [6.07, 6.45) is 1.80. The number of para-hydroxylation sites is 1. The molecule has 20 heavy (non-hydrogen) atoms. The molecule has 110 valence electrons. The summed E-state index contributed by atoms with van der Waals surface area (Å²) < 4.78 is 0. The number of carboxylic acids is 1. The number of carbonyl (C=O) groups is 1. The molecule has 0 heterocycles. The molecule has 0 amide bonds. The number of hydrogen-bond donors (Lipinski definition) is 1. The maximum atomic E-state index is 11.6. The molecule has 0 aliphatic heterocycles. The first kappa shape index (κ1) is 16.1. The lowest BCUT2D eigenvalue weighted by Gasteiger charge is -2.27. The van der Waals surface area contributed by atoms with Crippen LogP contribution in [-0.4, -0.2) is 34.0 Å². The topological polar surface area (TPSA) is 83.7 Å². The van der Waals surface area contributed by atoms with Gasteiger partial charge in [-0.15, -0.1) is 0 Å². The van der Waals surface area contributed by atoms with Gasteiger partial charge in [0.1, 0.15) is 6.04 Å². The molecule has 0 bridgehead atoms. The van der Waals surface area contributed by atoms with Gasteiger partial charge < -0.3 is 5.11 Å². The van der Waals surface area contributed by atoms with E-state index >= 15 is 0 Å². The third-order valence-electron chi connectivity index (χ3n) is 3.23. The summed E-state index contributed by atoms with van der Waals surface area (Å²) >= 11 is 0. The Morgan fingerprint density at radius 2 is 2.05 bits per heavy atom. The highest BCUT2D eigenvalue weighted by atomic mass is 16.6. The summed E-state index contributed by atoms with van der Waals surface area (Å²) in [6, 6.07) is 5.06. The Bertz CT molecular complexity index is 476. The molecule has 1 unspecified atom stereocenters. The number of nitrogens with zero attached hydrogens (tertiary/aromatic N) is 2. The van der Waals surface area contributed by atoms with E-state index in [1.54, 1.807) is 17.0 Å². The number of nitro benzene ring substituents is 1. The zero-order valence-corrected chi connectivity index (χ0v) is 11.8. The minimum atomic E-state index is -1.06. The van der Waals surface area contributed by atoms with Crippen molar-refractivity contribution in [3.8, 4) is 0 Å². The van der Waals surface area contributed by atoms with Crippen LogP contribution >= 0.6 is 0 Å². The van der Waals surface area contributed by atoms with Crippen molar-refractivity contribution in [2.24, 2.45) is 0 Å². The van der Waals surface area contributed by atoms with E-state index in [-0.39, 0.29) is 11.3 Å². The predicted octanol–water partition coefficient (Wildman–Crippen LogP) is 2.84. The Morgan fingerprint density at radius 1 is 1.40 bits per heavy atom. The Kier molecular flexibility index (Phi) is 6.11. The molecule has 0 fully saturated rings. The highest BCUT2D eigenvalue weighted by Crippen LogP contribution is 2.29. The second-order valence-electron chi connectivity index (χ2n) is 4.54. The van der Waals surface area contributed by atoms with Crippen molar-refractivity contribution in [3.63, 3.8) is 0 Å². The Balaban J connectivity index is 3.19. The highest BCUT2D eigenvalue weighted by molar-refractivity contribution is 5.77. The lowest BCUT2D eigenvalue weighted by Crippen LogP contribution is -2.35. The quantitative estimate of drug-likeness (QED) is 0.584. The van der Waals surface area contributed by atoms with Crippen LogP contribution in [0.3, 0.4) is 0 Å². The second-order valence-corrected chi connectivity index (χ2v) is 4.54. The fourth-order valence-electron chi connectivity index (χ4n) is 2.20. The monoisotopic (exact) mass is 280 g/mol. The Labute approximate surface area is 118 Å². The number of aliphatic carboxylic acids is 1. The summed E-state index contributed by atoms with van der Waals surface area (Å²) in [5.41, 5.74) is 0.0952. The minimum absolute atomic E-state index is 0.144. The molecule has 1 atom stereocenters. The van der Waals surface area contributed by atoms with E-state index < -0.39 is 16.9 Å². The average Bonchev–Trinajstić information content (AvgIpc) is 2.42. The summed E-state index contributed by atoms with van der Waals surface area (Å²) in [7, 11) is 0. The van der Waals surface area contributed by atoms with Crippen molar-refractivity contribution < 1.29 is 14.8 Å². The summed E-state index contributed by atoms with van der Waals surface area (Å²) in [6.45, 7) is 5.02. The second kappa shape index (κ2) is 7.59. The largest absolute Gasteiger partial charge is 0.480 e. The van der Waals surface area contributed by atoms with E-state index in [1.165, 1.54) is 12.1 Å². The van der Waals surface area contributed by atoms with Crippen molar-refractivity contribution in [3.05, 3.63) is 39.9 Å². The van der Waals surface area contributed by atoms with Crippen molar-refractivity contribution in [2.75, 3.05) is 13.1 Å². The number of unbranched alkanes of at least 4 members (excludes halogenated alkanes) is 1. The van der Waals surface area contributed by atoms with Gasteiger partial charge in [-0.3, -0.25) is 19.8 Å². The molecule has 6 heteroatoms. The fraction of sp³-hybridized carbons (Fsp3) is 0.500. The van der Waals surface area contributed by atoms with Crippen molar-refractivity contribution in [1.29, 1.82) is 0 Å². The van der Waals surface area contributed by atoms with Gasteiger partial charge in [0.25, 0.3) is 5.69 Å². The molecule has 1 N–H and O–H groups in total. The van der Waals surface area contributed by atoms with Crippen LogP contribution in [-0.2, 0) is 4.79 Å². The molecule has 0 radical (unpaired) electrons. The van der Waals surface area contributed by atoms with Crippen molar-refractivity contribution >= 4 is 11.7 Å². The molecular formula is C14H20N2O4. The number of benzene rings is 1. The summed E-state index contributed by atoms with van der Waals surface area (Å²) in [5.74, 6) is -1.06. The molecule has 0 aliphatic carbocycles. The van der Waals surface area contributed by atoms with Gasteiger partial charge in [-0.2, -0.15) is 0 Å². The van der Waals surface area contributed by atoms with Crippen LogP contribution < -0.4 is 0 Å². The maximum absolute atomic E-state index is 11.6. The van der Waals surface area contributed by atoms with Gasteiger partial charge in [0.15, 0.2) is 0 Å². The van der Waals surface area contributed by atoms with Crippen LogP contribution in [0.15, 0.2) is 24.3 Å². The number of hydrogen-bond acceptors (Lipinski definition) is 4. The molecule has 0 spiro atoms. The van der Waals surface area contributed by atoms with Crippen LogP contribution in [0.5, 0.6) is 0 Å². The lowest BCUT2D eigenvalue weighted by molar-refractivity contribution is -0.385. The maximum Gasteiger partial charge on any atom is 0.325 e. The predicted molar refractivity (Wildman–Crippen MR) is 75.6 cm³/mol. The molecule has 1 aromatic carbocycles. The van der Waals surface area contributed by atoms with Crippen LogP contribution in [0.1, 0.15) is 38.3 Å². The van der Waals surface area contributed by atoms with Crippen molar-refractivity contribution in [1.82, 2.24) is 4.90 Å². The molecule has 1 aromatic rings. The standard InChI is InChI=1S/C14H20N2O4/c1-3-5-10-15(4-2)13(14(17)18)11-8-6-7-9-12(11)16(19)20/h6-9,13H,3-5,10H2,1-2H3,(H,17,18). The van der Waals surface area contributed by atoms with E-state index in [2.05, 4.69) is 0 Å². The third kappa shape index (κ3) is 3.77. The Morgan fingerprint density at radius 3 is 2.55 bits per heavy atom. The fourth-order valence-corrected chi connectivity index (χ4v) is 2.20. The molecule has 0 saturated heterocycles. The third-order valence-corrected chi connectivity index (χ3v) is 3.23. The van der Waals surface area contributed by atoms with Gasteiger partial charge in [0.05, 0.1) is 10.5 Å². The van der Waals surface area contributed by atoms with E-state index in [9.17, 15) is 20.0 Å². The Hall–Kier alpha value is -1.95. The van der Waals surface area contributed by atoms with Crippen LogP contribution in [0.25, 0.3) is 0 Å². The summed E-state index contributed by atoms with van der Waals surface area (Å²) in [5, 5.41) is 20.5. The lowest BCUT2D eigenvalue weighted by atomic mass is 10.0. The first-order valence-electron chi connectivity index (χ1n) is 6.73. The number of carboxylic acid groups (broad SMARTS) is 1. The normalized spacial score (nSPS) is 12.3. The van der Waals surface area contributed by atoms with Gasteiger partial charge in [-0.05, 0) is 25.6 Å². The zero-order valence-electron chi connectivity index (χ0n) is 11.8. The van der Waals surface area contributed by atoms with E-state index in [0.717, 1.165) is 12.8 Å². The SMILES string of the molecule is CCCCN(CC)C(C(=O)O)c1ccccc1[N+](=O)[O-]. The van der Waals surface area contributed by atoms with Gasteiger partial charge in [0, 0.05) is 6.07 Å². The minimum Gasteiger partial charge on any atom is -0.480 e. The van der Waals surface area contributed by atoms with Crippen molar-refractivity contribution in [2.45, 2.75) is 32.7 Å².